The van der Waals surface area contributed by atoms with Gasteiger partial charge in [-0.15, -0.1) is 0 Å². The van der Waals surface area contributed by atoms with Gasteiger partial charge in [0.1, 0.15) is 6.10 Å². The summed E-state index contributed by atoms with van der Waals surface area (Å²) >= 11 is 12.3. The Labute approximate surface area is 241 Å². The van der Waals surface area contributed by atoms with E-state index >= 15 is 0 Å². The average molecular weight is 560 g/mol. The molecule has 5 rings (SSSR count). The molecule has 3 fully saturated rings. The Morgan fingerprint density at radius 2 is 1.87 bits per heavy atom. The van der Waals surface area contributed by atoms with Crippen molar-refractivity contribution in [3.8, 4) is 0 Å². The molecular formula is C34H48Cl2O2. The maximum atomic E-state index is 12.9. The molecule has 0 bridgehead atoms. The van der Waals surface area contributed by atoms with Crippen LogP contribution in [0, 0.1) is 40.4 Å². The van der Waals surface area contributed by atoms with Crippen LogP contribution in [0.25, 0.3) is 0 Å². The molecule has 7 unspecified atom stereocenters. The zero-order valence-corrected chi connectivity index (χ0v) is 25.6. The van der Waals surface area contributed by atoms with Crippen LogP contribution in [0.2, 0.25) is 10.0 Å². The lowest BCUT2D eigenvalue weighted by atomic mass is 9.43. The third kappa shape index (κ3) is 5.47. The first kappa shape index (κ1) is 28.5. The molecule has 0 aromatic heterocycles. The molecule has 0 N–H and O–H groups in total. The molecule has 0 aliphatic heterocycles. The summed E-state index contributed by atoms with van der Waals surface area (Å²) in [6.07, 6.45) is 19.4. The van der Waals surface area contributed by atoms with Crippen molar-refractivity contribution >= 4 is 29.2 Å². The molecule has 0 spiro atoms. The number of hydrogen-bond donors (Lipinski definition) is 0. The monoisotopic (exact) mass is 558 g/mol. The Morgan fingerprint density at radius 1 is 1.05 bits per heavy atom. The average Bonchev–Trinajstić information content (AvgIpc) is 2.86. The zero-order chi connectivity index (χ0) is 27.1. The second-order valence-electron chi connectivity index (χ2n) is 14.0. The molecule has 0 saturated heterocycles. The smallest absolute Gasteiger partial charge is 0.339 e. The summed E-state index contributed by atoms with van der Waals surface area (Å²) < 4.78 is 6.00. The van der Waals surface area contributed by atoms with Crippen LogP contribution in [0.1, 0.15) is 122 Å². The first-order valence-corrected chi connectivity index (χ1v) is 16.2. The van der Waals surface area contributed by atoms with E-state index in [9.17, 15) is 4.79 Å². The predicted molar refractivity (Wildman–Crippen MR) is 159 cm³/mol. The minimum atomic E-state index is -0.329. The van der Waals surface area contributed by atoms with Crippen LogP contribution in [-0.2, 0) is 4.74 Å². The summed E-state index contributed by atoms with van der Waals surface area (Å²) in [5.41, 5.74) is 2.75. The van der Waals surface area contributed by atoms with Crippen LogP contribution < -0.4 is 0 Å². The van der Waals surface area contributed by atoms with Gasteiger partial charge in [0, 0.05) is 11.4 Å². The largest absolute Gasteiger partial charge is 0.458 e. The SMILES string of the molecule is CC(C)CCCCC1CCCC2C3CC=C4CC(OC(=O)c5ccc(Cl)cc5Cl)CCC4(C)C3CCC12C. The summed E-state index contributed by atoms with van der Waals surface area (Å²) in [6, 6.07) is 4.98. The van der Waals surface area contributed by atoms with E-state index in [1.165, 1.54) is 64.2 Å². The van der Waals surface area contributed by atoms with Crippen LogP contribution in [0.5, 0.6) is 0 Å². The van der Waals surface area contributed by atoms with Crippen LogP contribution in [0.15, 0.2) is 29.8 Å². The summed E-state index contributed by atoms with van der Waals surface area (Å²) in [4.78, 5) is 12.9. The molecule has 2 nitrogen and oxygen atoms in total. The van der Waals surface area contributed by atoms with Crippen molar-refractivity contribution in [2.75, 3.05) is 0 Å². The third-order valence-electron chi connectivity index (χ3n) is 11.5. The highest BCUT2D eigenvalue weighted by molar-refractivity contribution is 6.36. The highest BCUT2D eigenvalue weighted by atomic mass is 35.5. The van der Waals surface area contributed by atoms with Crippen molar-refractivity contribution in [1.29, 1.82) is 0 Å². The van der Waals surface area contributed by atoms with E-state index in [0.29, 0.717) is 21.0 Å². The molecule has 1 aromatic carbocycles. The normalized spacial score (nSPS) is 36.6. The van der Waals surface area contributed by atoms with Gasteiger partial charge in [-0.25, -0.2) is 4.79 Å². The van der Waals surface area contributed by atoms with E-state index < -0.39 is 0 Å². The lowest BCUT2D eigenvalue weighted by molar-refractivity contribution is -0.0994. The fourth-order valence-electron chi connectivity index (χ4n) is 9.33. The Kier molecular flexibility index (Phi) is 8.62. The van der Waals surface area contributed by atoms with E-state index in [4.69, 9.17) is 27.9 Å². The van der Waals surface area contributed by atoms with Gasteiger partial charge in [-0.2, -0.15) is 0 Å². The number of allylic oxidation sites excluding steroid dienone is 1. The number of benzene rings is 1. The highest BCUT2D eigenvalue weighted by Gasteiger charge is 2.57. The van der Waals surface area contributed by atoms with E-state index in [1.54, 1.807) is 23.8 Å². The van der Waals surface area contributed by atoms with Crippen molar-refractivity contribution < 1.29 is 9.53 Å². The van der Waals surface area contributed by atoms with Gasteiger partial charge in [0.05, 0.1) is 10.6 Å². The van der Waals surface area contributed by atoms with Crippen LogP contribution >= 0.6 is 23.2 Å². The Balaban J connectivity index is 1.25. The van der Waals surface area contributed by atoms with E-state index in [1.807, 2.05) is 0 Å². The van der Waals surface area contributed by atoms with Crippen molar-refractivity contribution in [3.63, 3.8) is 0 Å². The standard InChI is InChI=1S/C34H48Cl2O2/c1-22(2)8-5-6-9-23-10-7-11-29-27-14-12-24-20-26(38-32(37)28-15-13-25(35)21-31(28)36)16-18-34(24,4)30(27)17-19-33(23,29)3/h12-13,15,21-23,26-27,29-30H,5-11,14,16-20H2,1-4H3. The van der Waals surface area contributed by atoms with Crippen LogP contribution in [0.3, 0.4) is 0 Å². The highest BCUT2D eigenvalue weighted by Crippen LogP contribution is 2.65. The van der Waals surface area contributed by atoms with Crippen molar-refractivity contribution in [2.45, 2.75) is 117 Å². The van der Waals surface area contributed by atoms with Crippen molar-refractivity contribution in [1.82, 2.24) is 0 Å². The number of esters is 1. The van der Waals surface area contributed by atoms with E-state index in [0.717, 1.165) is 48.9 Å². The van der Waals surface area contributed by atoms with Gasteiger partial charge < -0.3 is 4.74 Å². The Bertz CT molecular complexity index is 1050. The van der Waals surface area contributed by atoms with E-state index in [-0.39, 0.29) is 17.5 Å². The van der Waals surface area contributed by atoms with Gasteiger partial charge >= 0.3 is 5.97 Å². The van der Waals surface area contributed by atoms with Gasteiger partial charge in [-0.05, 0) is 110 Å². The quantitative estimate of drug-likeness (QED) is 0.189. The third-order valence-corrected chi connectivity index (χ3v) is 12.1. The van der Waals surface area contributed by atoms with E-state index in [2.05, 4.69) is 33.8 Å². The van der Waals surface area contributed by atoms with Gasteiger partial charge in [-0.3, -0.25) is 0 Å². The summed E-state index contributed by atoms with van der Waals surface area (Å²) in [5.74, 6) is 3.91. The van der Waals surface area contributed by atoms with Crippen molar-refractivity contribution in [3.05, 3.63) is 45.5 Å². The molecule has 1 aromatic rings. The molecular weight excluding hydrogens is 511 g/mol. The summed E-state index contributed by atoms with van der Waals surface area (Å²) in [7, 11) is 0. The molecule has 4 heteroatoms. The number of halogens is 2. The van der Waals surface area contributed by atoms with Crippen LogP contribution in [0.4, 0.5) is 0 Å². The minimum Gasteiger partial charge on any atom is -0.458 e. The second kappa shape index (κ2) is 11.5. The molecule has 4 aliphatic carbocycles. The first-order valence-electron chi connectivity index (χ1n) is 15.5. The maximum Gasteiger partial charge on any atom is 0.339 e. The fraction of sp³-hybridized carbons (Fsp3) is 0.735. The Hall–Kier alpha value is -0.990. The number of carbonyl (C=O) groups excluding carboxylic acids is 1. The molecule has 0 amide bonds. The lowest BCUT2D eigenvalue weighted by Gasteiger charge is -2.62. The van der Waals surface area contributed by atoms with Gasteiger partial charge in [0.2, 0.25) is 0 Å². The van der Waals surface area contributed by atoms with Crippen molar-refractivity contribution in [2.24, 2.45) is 40.4 Å². The zero-order valence-electron chi connectivity index (χ0n) is 24.0. The van der Waals surface area contributed by atoms with Crippen LogP contribution in [-0.4, -0.2) is 12.1 Å². The molecule has 4 aliphatic rings. The first-order chi connectivity index (χ1) is 18.1. The summed E-state index contributed by atoms with van der Waals surface area (Å²) in [5, 5.41) is 0.889. The molecule has 3 saturated carbocycles. The van der Waals surface area contributed by atoms with Gasteiger partial charge in [0.15, 0.2) is 0 Å². The Morgan fingerprint density at radius 3 is 2.63 bits per heavy atom. The number of rotatable bonds is 7. The second-order valence-corrected chi connectivity index (χ2v) is 14.8. The molecule has 0 heterocycles. The molecule has 38 heavy (non-hydrogen) atoms. The number of unbranched alkanes of at least 4 members (excludes halogenated alkanes) is 1. The van der Waals surface area contributed by atoms with Gasteiger partial charge in [0.25, 0.3) is 0 Å². The number of hydrogen-bond acceptors (Lipinski definition) is 2. The summed E-state index contributed by atoms with van der Waals surface area (Å²) in [6.45, 7) is 9.94. The minimum absolute atomic E-state index is 0.0659. The number of fused-ring (bicyclic) bond motifs is 5. The number of carbonyl (C=O) groups is 1. The lowest BCUT2D eigenvalue weighted by Crippen LogP contribution is -2.54. The maximum absolute atomic E-state index is 12.9. The van der Waals surface area contributed by atoms with Gasteiger partial charge in [-0.1, -0.05) is 88.2 Å². The predicted octanol–water partition coefficient (Wildman–Crippen LogP) is 10.7. The topological polar surface area (TPSA) is 26.3 Å². The molecule has 0 radical (unpaired) electrons. The fourth-order valence-corrected chi connectivity index (χ4v) is 9.81. The molecule has 210 valence electrons. The number of ether oxygens (including phenoxy) is 1. The molecule has 7 atom stereocenters.